The molecule has 2 aromatic rings. The van der Waals surface area contributed by atoms with Crippen LogP contribution in [0.5, 0.6) is 5.75 Å². The first-order valence-electron chi connectivity index (χ1n) is 10.4. The number of benzene rings is 2. The first-order valence-corrected chi connectivity index (χ1v) is 10.4. The van der Waals surface area contributed by atoms with Gasteiger partial charge in [-0.15, -0.1) is 0 Å². The standard InChI is InChI=1S/C24H28O.C2H6/c1-16-6-8-19-18(15-25-22(19)12-16)13-17-7-9-20-21(14-17)24(4,5)11-10-23(20,2)3;1-2/h6-9,12-14H,10-11,15H2,1-5H3;1-2H3/b18-13+;. The summed E-state index contributed by atoms with van der Waals surface area (Å²) in [6.07, 6.45) is 4.81. The molecule has 27 heavy (non-hydrogen) atoms. The van der Waals surface area contributed by atoms with Crippen molar-refractivity contribution >= 4 is 11.6 Å². The van der Waals surface area contributed by atoms with Gasteiger partial charge in [-0.3, -0.25) is 0 Å². The summed E-state index contributed by atoms with van der Waals surface area (Å²) in [4.78, 5) is 0. The summed E-state index contributed by atoms with van der Waals surface area (Å²) in [5.74, 6) is 1.02. The minimum Gasteiger partial charge on any atom is -0.488 e. The van der Waals surface area contributed by atoms with Crippen molar-refractivity contribution in [2.24, 2.45) is 0 Å². The van der Waals surface area contributed by atoms with Crippen molar-refractivity contribution in [1.82, 2.24) is 0 Å². The van der Waals surface area contributed by atoms with Gasteiger partial charge in [0.15, 0.2) is 0 Å². The van der Waals surface area contributed by atoms with Crippen molar-refractivity contribution in [1.29, 1.82) is 0 Å². The average Bonchev–Trinajstić information content (AvgIpc) is 3.03. The van der Waals surface area contributed by atoms with Crippen LogP contribution in [-0.2, 0) is 10.8 Å². The summed E-state index contributed by atoms with van der Waals surface area (Å²) in [5.41, 5.74) is 8.61. The third kappa shape index (κ3) is 3.70. The Bertz CT molecular complexity index is 868. The van der Waals surface area contributed by atoms with Gasteiger partial charge in [-0.1, -0.05) is 71.9 Å². The second-order valence-electron chi connectivity index (χ2n) is 9.03. The lowest BCUT2D eigenvalue weighted by Crippen LogP contribution is -2.33. The second-order valence-corrected chi connectivity index (χ2v) is 9.03. The normalized spacial score (nSPS) is 20.2. The summed E-state index contributed by atoms with van der Waals surface area (Å²) in [6, 6.07) is 13.5. The van der Waals surface area contributed by atoms with E-state index in [0.717, 1.165) is 5.75 Å². The lowest BCUT2D eigenvalue weighted by molar-refractivity contribution is 0.332. The van der Waals surface area contributed by atoms with Gasteiger partial charge in [0.05, 0.1) is 0 Å². The smallest absolute Gasteiger partial charge is 0.127 e. The van der Waals surface area contributed by atoms with Crippen LogP contribution in [0.15, 0.2) is 36.4 Å². The minimum absolute atomic E-state index is 0.251. The summed E-state index contributed by atoms with van der Waals surface area (Å²) in [5, 5.41) is 0. The molecule has 4 rings (SSSR count). The zero-order valence-corrected chi connectivity index (χ0v) is 18.1. The van der Waals surface area contributed by atoms with Gasteiger partial charge in [-0.25, -0.2) is 0 Å². The van der Waals surface area contributed by atoms with Crippen LogP contribution in [-0.4, -0.2) is 6.61 Å². The fourth-order valence-corrected chi connectivity index (χ4v) is 4.26. The summed E-state index contributed by atoms with van der Waals surface area (Å²) in [6.45, 7) is 16.3. The van der Waals surface area contributed by atoms with Gasteiger partial charge < -0.3 is 4.74 Å². The molecule has 0 fully saturated rings. The quantitative estimate of drug-likeness (QED) is 0.517. The molecule has 1 aliphatic heterocycles. The molecule has 0 unspecified atom stereocenters. The van der Waals surface area contributed by atoms with E-state index in [2.05, 4.69) is 77.1 Å². The zero-order valence-electron chi connectivity index (χ0n) is 18.1. The number of hydrogen-bond donors (Lipinski definition) is 0. The fraction of sp³-hybridized carbons (Fsp3) is 0.462. The van der Waals surface area contributed by atoms with Crippen molar-refractivity contribution in [3.63, 3.8) is 0 Å². The Kier molecular flexibility index (Phi) is 5.25. The Morgan fingerprint density at radius 2 is 1.52 bits per heavy atom. The molecule has 1 aliphatic carbocycles. The van der Waals surface area contributed by atoms with Crippen LogP contribution < -0.4 is 4.74 Å². The topological polar surface area (TPSA) is 9.23 Å². The highest BCUT2D eigenvalue weighted by molar-refractivity contribution is 5.87. The molecule has 0 saturated carbocycles. The fourth-order valence-electron chi connectivity index (χ4n) is 4.26. The first kappa shape index (κ1) is 19.7. The number of ether oxygens (including phenoxy) is 1. The summed E-state index contributed by atoms with van der Waals surface area (Å²) >= 11 is 0. The molecule has 0 radical (unpaired) electrons. The third-order valence-electron chi connectivity index (χ3n) is 6.08. The predicted octanol–water partition coefficient (Wildman–Crippen LogP) is 7.30. The maximum atomic E-state index is 5.88. The summed E-state index contributed by atoms with van der Waals surface area (Å²) in [7, 11) is 0. The molecule has 0 bridgehead atoms. The largest absolute Gasteiger partial charge is 0.488 e. The number of fused-ring (bicyclic) bond motifs is 2. The maximum absolute atomic E-state index is 5.88. The number of aryl methyl sites for hydroxylation is 1. The van der Waals surface area contributed by atoms with E-state index in [9.17, 15) is 0 Å². The minimum atomic E-state index is 0.251. The van der Waals surface area contributed by atoms with Crippen LogP contribution in [0.2, 0.25) is 0 Å². The van der Waals surface area contributed by atoms with Crippen LogP contribution in [0, 0.1) is 6.92 Å². The van der Waals surface area contributed by atoms with Crippen LogP contribution in [0.25, 0.3) is 11.6 Å². The van der Waals surface area contributed by atoms with Gasteiger partial charge in [0.1, 0.15) is 12.4 Å². The predicted molar refractivity (Wildman–Crippen MR) is 118 cm³/mol. The Hall–Kier alpha value is -2.02. The van der Waals surface area contributed by atoms with Gasteiger partial charge in [-0.05, 0) is 65.0 Å². The monoisotopic (exact) mass is 362 g/mol. The van der Waals surface area contributed by atoms with Crippen LogP contribution in [0.4, 0.5) is 0 Å². The van der Waals surface area contributed by atoms with E-state index >= 15 is 0 Å². The van der Waals surface area contributed by atoms with Crippen LogP contribution >= 0.6 is 0 Å². The lowest BCUT2D eigenvalue weighted by Gasteiger charge is -2.42. The van der Waals surface area contributed by atoms with E-state index < -0.39 is 0 Å². The van der Waals surface area contributed by atoms with Crippen molar-refractivity contribution in [2.75, 3.05) is 6.61 Å². The van der Waals surface area contributed by atoms with Crippen LogP contribution in [0.1, 0.15) is 82.2 Å². The first-order chi connectivity index (χ1) is 12.8. The van der Waals surface area contributed by atoms with Gasteiger partial charge in [0, 0.05) is 11.1 Å². The van der Waals surface area contributed by atoms with Gasteiger partial charge in [0.25, 0.3) is 0 Å². The number of rotatable bonds is 1. The van der Waals surface area contributed by atoms with Crippen molar-refractivity contribution in [3.8, 4) is 5.75 Å². The maximum Gasteiger partial charge on any atom is 0.127 e. The van der Waals surface area contributed by atoms with E-state index in [0.29, 0.717) is 6.61 Å². The Balaban J connectivity index is 0.00000102. The van der Waals surface area contributed by atoms with E-state index in [4.69, 9.17) is 4.74 Å². The molecule has 0 amide bonds. The van der Waals surface area contributed by atoms with Crippen molar-refractivity contribution in [2.45, 2.75) is 72.1 Å². The Morgan fingerprint density at radius 1 is 0.852 bits per heavy atom. The number of hydrogen-bond acceptors (Lipinski definition) is 1. The van der Waals surface area contributed by atoms with E-state index in [1.807, 2.05) is 13.8 Å². The molecule has 2 aromatic carbocycles. The van der Waals surface area contributed by atoms with E-state index in [1.54, 1.807) is 0 Å². The molecule has 2 aliphatic rings. The Morgan fingerprint density at radius 3 is 2.22 bits per heavy atom. The zero-order chi connectivity index (χ0) is 19.8. The molecular formula is C26H34O. The van der Waals surface area contributed by atoms with Gasteiger partial charge in [-0.2, -0.15) is 0 Å². The van der Waals surface area contributed by atoms with Crippen molar-refractivity contribution < 1.29 is 4.74 Å². The molecule has 1 nitrogen and oxygen atoms in total. The van der Waals surface area contributed by atoms with Gasteiger partial charge in [0.2, 0.25) is 0 Å². The lowest BCUT2D eigenvalue weighted by atomic mass is 9.63. The highest BCUT2D eigenvalue weighted by Gasteiger charge is 2.36. The molecule has 0 atom stereocenters. The molecule has 1 heterocycles. The SMILES string of the molecule is CC.Cc1ccc2c(c1)OC/C2=C\c1ccc2c(c1)C(C)(C)CCC2(C)C. The molecule has 144 valence electrons. The third-order valence-corrected chi connectivity index (χ3v) is 6.08. The Labute approximate surface area is 165 Å². The molecule has 1 heteroatoms. The molecule has 0 saturated heterocycles. The van der Waals surface area contributed by atoms with E-state index in [1.165, 1.54) is 46.2 Å². The van der Waals surface area contributed by atoms with Crippen molar-refractivity contribution in [3.05, 3.63) is 64.2 Å². The van der Waals surface area contributed by atoms with Crippen LogP contribution in [0.3, 0.4) is 0 Å². The highest BCUT2D eigenvalue weighted by Crippen LogP contribution is 2.46. The average molecular weight is 363 g/mol. The molecule has 0 N–H and O–H groups in total. The van der Waals surface area contributed by atoms with E-state index in [-0.39, 0.29) is 10.8 Å². The molecule has 0 aromatic heterocycles. The van der Waals surface area contributed by atoms with Gasteiger partial charge >= 0.3 is 0 Å². The molecule has 0 spiro atoms. The second kappa shape index (κ2) is 7.19. The highest BCUT2D eigenvalue weighted by atomic mass is 16.5. The molecular weight excluding hydrogens is 328 g/mol. The summed E-state index contributed by atoms with van der Waals surface area (Å²) < 4.78 is 5.88.